The summed E-state index contributed by atoms with van der Waals surface area (Å²) in [6.07, 6.45) is 6.65. The van der Waals surface area contributed by atoms with Crippen LogP contribution in [0.2, 0.25) is 5.02 Å². The topological polar surface area (TPSA) is 75.5 Å². The average molecular weight is 395 g/mol. The van der Waals surface area contributed by atoms with Crippen molar-refractivity contribution in [2.24, 2.45) is 7.05 Å². The zero-order valence-electron chi connectivity index (χ0n) is 14.2. The van der Waals surface area contributed by atoms with Gasteiger partial charge in [-0.15, -0.1) is 0 Å². The van der Waals surface area contributed by atoms with Crippen molar-refractivity contribution in [2.75, 3.05) is 26.2 Å². The molecule has 9 heteroatoms. The molecule has 0 spiro atoms. The van der Waals surface area contributed by atoms with Crippen LogP contribution in [-0.4, -0.2) is 59.5 Å². The van der Waals surface area contributed by atoms with Crippen LogP contribution in [0.3, 0.4) is 0 Å². The highest BCUT2D eigenvalue weighted by molar-refractivity contribution is 7.89. The summed E-state index contributed by atoms with van der Waals surface area (Å²) in [6.45, 7) is 1.14. The number of carbonyl (C=O) groups excluding carboxylic acids is 1. The van der Waals surface area contributed by atoms with Crippen LogP contribution in [0.5, 0.6) is 0 Å². The van der Waals surface area contributed by atoms with Crippen LogP contribution in [0.1, 0.15) is 5.56 Å². The minimum absolute atomic E-state index is 0.0953. The van der Waals surface area contributed by atoms with Crippen molar-refractivity contribution in [1.29, 1.82) is 0 Å². The smallest absolute Gasteiger partial charge is 0.246 e. The first-order valence-corrected chi connectivity index (χ1v) is 9.90. The van der Waals surface area contributed by atoms with Crippen LogP contribution in [0, 0.1) is 0 Å². The molecule has 2 heterocycles. The summed E-state index contributed by atoms with van der Waals surface area (Å²) in [5, 5.41) is 4.24. The van der Waals surface area contributed by atoms with Gasteiger partial charge in [-0.05, 0) is 18.2 Å². The summed E-state index contributed by atoms with van der Waals surface area (Å²) < 4.78 is 28.4. The minimum Gasteiger partial charge on any atom is -0.337 e. The lowest BCUT2D eigenvalue weighted by Gasteiger charge is -2.33. The summed E-state index contributed by atoms with van der Waals surface area (Å²) in [5.41, 5.74) is 0.834. The standard InChI is InChI=1S/C17H19ClN4O3S/c1-20-13-14(12-19-20)6-7-17(23)21-8-10-22(11-9-21)26(24,25)16-5-3-2-4-15(16)18/h2-7,12-13H,8-11H2,1H3. The lowest BCUT2D eigenvalue weighted by Crippen LogP contribution is -2.50. The molecule has 26 heavy (non-hydrogen) atoms. The van der Waals surface area contributed by atoms with E-state index >= 15 is 0 Å². The molecule has 1 aliphatic rings. The Labute approximate surface area is 157 Å². The van der Waals surface area contributed by atoms with Gasteiger partial charge in [0.1, 0.15) is 4.90 Å². The molecule has 0 atom stereocenters. The van der Waals surface area contributed by atoms with Crippen molar-refractivity contribution in [1.82, 2.24) is 19.0 Å². The van der Waals surface area contributed by atoms with Crippen molar-refractivity contribution < 1.29 is 13.2 Å². The maximum Gasteiger partial charge on any atom is 0.246 e. The van der Waals surface area contributed by atoms with E-state index in [-0.39, 0.29) is 28.9 Å². The van der Waals surface area contributed by atoms with Gasteiger partial charge in [0.25, 0.3) is 0 Å². The van der Waals surface area contributed by atoms with E-state index in [4.69, 9.17) is 11.6 Å². The molecule has 0 saturated carbocycles. The number of benzene rings is 1. The Balaban J connectivity index is 1.63. The van der Waals surface area contributed by atoms with Gasteiger partial charge in [0.2, 0.25) is 15.9 Å². The van der Waals surface area contributed by atoms with Crippen LogP contribution in [-0.2, 0) is 21.9 Å². The van der Waals surface area contributed by atoms with Crippen LogP contribution >= 0.6 is 11.6 Å². The van der Waals surface area contributed by atoms with E-state index in [0.717, 1.165) is 5.56 Å². The van der Waals surface area contributed by atoms with E-state index in [0.29, 0.717) is 13.1 Å². The molecule has 138 valence electrons. The number of aryl methyl sites for hydroxylation is 1. The van der Waals surface area contributed by atoms with Crippen molar-refractivity contribution in [2.45, 2.75) is 4.90 Å². The van der Waals surface area contributed by atoms with Crippen molar-refractivity contribution in [3.05, 3.63) is 53.3 Å². The highest BCUT2D eigenvalue weighted by atomic mass is 35.5. The fraction of sp³-hybridized carbons (Fsp3) is 0.294. The van der Waals surface area contributed by atoms with E-state index in [1.807, 2.05) is 0 Å². The number of halogens is 1. The van der Waals surface area contributed by atoms with Gasteiger partial charge in [-0.1, -0.05) is 23.7 Å². The van der Waals surface area contributed by atoms with E-state index in [1.165, 1.54) is 16.4 Å². The Morgan fingerprint density at radius 2 is 1.88 bits per heavy atom. The maximum atomic E-state index is 12.7. The van der Waals surface area contributed by atoms with Crippen LogP contribution in [0.15, 0.2) is 47.6 Å². The maximum absolute atomic E-state index is 12.7. The highest BCUT2D eigenvalue weighted by Gasteiger charge is 2.30. The summed E-state index contributed by atoms with van der Waals surface area (Å²) in [6, 6.07) is 6.37. The van der Waals surface area contributed by atoms with Crippen molar-refractivity contribution in [3.63, 3.8) is 0 Å². The van der Waals surface area contributed by atoms with Gasteiger partial charge in [-0.3, -0.25) is 9.48 Å². The van der Waals surface area contributed by atoms with Gasteiger partial charge in [0.05, 0.1) is 11.2 Å². The Morgan fingerprint density at radius 3 is 2.50 bits per heavy atom. The molecule has 1 saturated heterocycles. The molecule has 0 unspecified atom stereocenters. The molecule has 7 nitrogen and oxygen atoms in total. The van der Waals surface area contributed by atoms with Gasteiger partial charge in [0.15, 0.2) is 0 Å². The van der Waals surface area contributed by atoms with Gasteiger partial charge in [-0.25, -0.2) is 8.42 Å². The van der Waals surface area contributed by atoms with Crippen LogP contribution in [0.25, 0.3) is 6.08 Å². The summed E-state index contributed by atoms with van der Waals surface area (Å²) >= 11 is 6.02. The van der Waals surface area contributed by atoms with E-state index < -0.39 is 10.0 Å². The lowest BCUT2D eigenvalue weighted by molar-refractivity contribution is -0.127. The molecular weight excluding hydrogens is 376 g/mol. The third-order valence-electron chi connectivity index (χ3n) is 4.15. The number of hydrogen-bond acceptors (Lipinski definition) is 4. The summed E-state index contributed by atoms with van der Waals surface area (Å²) in [7, 11) is -1.86. The number of rotatable bonds is 4. The number of aromatic nitrogens is 2. The molecule has 3 rings (SSSR count). The van der Waals surface area contributed by atoms with Crippen molar-refractivity contribution >= 4 is 33.6 Å². The Hall–Kier alpha value is -2.16. The molecule has 2 aromatic rings. The normalized spacial score (nSPS) is 16.3. The predicted molar refractivity (Wildman–Crippen MR) is 99.0 cm³/mol. The zero-order valence-corrected chi connectivity index (χ0v) is 15.8. The number of hydrogen-bond donors (Lipinski definition) is 0. The molecule has 1 amide bonds. The first kappa shape index (κ1) is 18.6. The number of carbonyl (C=O) groups is 1. The predicted octanol–water partition coefficient (Wildman–Crippen LogP) is 1.62. The molecule has 1 aromatic carbocycles. The highest BCUT2D eigenvalue weighted by Crippen LogP contribution is 2.25. The van der Waals surface area contributed by atoms with Gasteiger partial charge in [0, 0.05) is 51.1 Å². The second-order valence-corrected chi connectivity index (χ2v) is 8.25. The average Bonchev–Trinajstić information content (AvgIpc) is 3.05. The van der Waals surface area contributed by atoms with Crippen molar-refractivity contribution in [3.8, 4) is 0 Å². The molecule has 0 N–H and O–H groups in total. The Morgan fingerprint density at radius 1 is 1.19 bits per heavy atom. The second-order valence-electron chi connectivity index (χ2n) is 5.94. The van der Waals surface area contributed by atoms with Gasteiger partial charge >= 0.3 is 0 Å². The largest absolute Gasteiger partial charge is 0.337 e. The van der Waals surface area contributed by atoms with E-state index in [1.54, 1.807) is 53.3 Å². The molecule has 1 aromatic heterocycles. The monoisotopic (exact) mass is 394 g/mol. The second kappa shape index (κ2) is 7.61. The van der Waals surface area contributed by atoms with Crippen LogP contribution in [0.4, 0.5) is 0 Å². The molecule has 0 bridgehead atoms. The van der Waals surface area contributed by atoms with Gasteiger partial charge in [-0.2, -0.15) is 9.40 Å². The van der Waals surface area contributed by atoms with Gasteiger partial charge < -0.3 is 4.90 Å². The Kier molecular flexibility index (Phi) is 5.45. The van der Waals surface area contributed by atoms with E-state index in [2.05, 4.69) is 5.10 Å². The number of nitrogens with zero attached hydrogens (tertiary/aromatic N) is 4. The number of amides is 1. The molecule has 0 radical (unpaired) electrons. The number of sulfonamides is 1. The summed E-state index contributed by atoms with van der Waals surface area (Å²) in [5.74, 6) is -0.149. The first-order chi connectivity index (χ1) is 12.4. The zero-order chi connectivity index (χ0) is 18.7. The molecule has 1 aliphatic heterocycles. The Bertz CT molecular complexity index is 931. The number of piperazine rings is 1. The minimum atomic E-state index is -3.66. The molecule has 0 aliphatic carbocycles. The summed E-state index contributed by atoms with van der Waals surface area (Å²) in [4.78, 5) is 14.0. The van der Waals surface area contributed by atoms with Crippen LogP contribution < -0.4 is 0 Å². The SMILES string of the molecule is Cn1cc(C=CC(=O)N2CCN(S(=O)(=O)c3ccccc3Cl)CC2)cn1. The fourth-order valence-corrected chi connectivity index (χ4v) is 4.66. The lowest BCUT2D eigenvalue weighted by atomic mass is 10.3. The fourth-order valence-electron chi connectivity index (χ4n) is 2.74. The van der Waals surface area contributed by atoms with E-state index in [9.17, 15) is 13.2 Å². The third kappa shape index (κ3) is 3.98. The molecule has 1 fully saturated rings. The molecular formula is C17H19ClN4O3S. The first-order valence-electron chi connectivity index (χ1n) is 8.08. The third-order valence-corrected chi connectivity index (χ3v) is 6.55. The quantitative estimate of drug-likeness (QED) is 0.738.